The lowest BCUT2D eigenvalue weighted by atomic mass is 10.1. The summed E-state index contributed by atoms with van der Waals surface area (Å²) in [5, 5.41) is 7.78. The Balaban J connectivity index is 0.000000290. The fraction of sp³-hybridized carbons (Fsp3) is 0.143. The lowest BCUT2D eigenvalue weighted by Gasteiger charge is -2.10. The highest BCUT2D eigenvalue weighted by molar-refractivity contribution is 9.10. The molecular weight excluding hydrogens is 450 g/mol. The summed E-state index contributed by atoms with van der Waals surface area (Å²) >= 11 is 7.53. The molecule has 3 heterocycles. The molecule has 0 aliphatic heterocycles. The number of pyridine rings is 2. The maximum absolute atomic E-state index is 5.21. The molecule has 0 spiro atoms. The molecule has 3 N–H and O–H groups in total. The van der Waals surface area contributed by atoms with Crippen LogP contribution in [0.25, 0.3) is 10.9 Å². The zero-order valence-electron chi connectivity index (χ0n) is 16.1. The van der Waals surface area contributed by atoms with Crippen molar-refractivity contribution < 1.29 is 4.74 Å². The van der Waals surface area contributed by atoms with Gasteiger partial charge in [-0.3, -0.25) is 4.98 Å². The van der Waals surface area contributed by atoms with Gasteiger partial charge in [0.2, 0.25) is 5.88 Å². The number of aromatic nitrogens is 3. The van der Waals surface area contributed by atoms with Gasteiger partial charge < -0.3 is 20.4 Å². The first-order valence-corrected chi connectivity index (χ1v) is 10.2. The Bertz CT molecular complexity index is 1070. The Labute approximate surface area is 183 Å². The van der Waals surface area contributed by atoms with Crippen molar-refractivity contribution in [1.29, 1.82) is 0 Å². The number of H-pyrrole nitrogens is 1. The van der Waals surface area contributed by atoms with Crippen LogP contribution in [0.3, 0.4) is 0 Å². The first-order chi connectivity index (χ1) is 14.1. The summed E-state index contributed by atoms with van der Waals surface area (Å²) in [5.74, 6) is 0.558. The number of nitrogens with one attached hydrogen (secondary N) is 3. The van der Waals surface area contributed by atoms with Crippen LogP contribution in [0.1, 0.15) is 5.56 Å². The van der Waals surface area contributed by atoms with Crippen LogP contribution >= 0.6 is 28.6 Å². The summed E-state index contributed by atoms with van der Waals surface area (Å²) in [7, 11) is 3.55. The molecule has 0 saturated carbocycles. The standard InChI is InChI=1S/C16H17BrN4O.C5H5NS/c1-18-8-10-9-20-14-7-11(3-4-12(10)14)21-13-5-6-19-16(22-2)15(13)17;7-5-2-1-3-6-4-5/h3-7,9,18,20H,8H2,1-2H3,(H,19,21);1-4,7H. The van der Waals surface area contributed by atoms with E-state index in [4.69, 9.17) is 4.74 Å². The van der Waals surface area contributed by atoms with Gasteiger partial charge in [-0.2, -0.15) is 0 Å². The number of nitrogens with zero attached hydrogens (tertiary/aromatic N) is 2. The summed E-state index contributed by atoms with van der Waals surface area (Å²) in [4.78, 5) is 12.2. The largest absolute Gasteiger partial charge is 0.480 e. The molecule has 0 radical (unpaired) electrons. The van der Waals surface area contributed by atoms with Gasteiger partial charge in [0.05, 0.1) is 12.8 Å². The lowest BCUT2D eigenvalue weighted by molar-refractivity contribution is 0.395. The molecule has 150 valence electrons. The number of ether oxygens (including phenoxy) is 1. The first-order valence-electron chi connectivity index (χ1n) is 8.91. The van der Waals surface area contributed by atoms with Crippen molar-refractivity contribution in [2.75, 3.05) is 19.5 Å². The summed E-state index contributed by atoms with van der Waals surface area (Å²) in [6.07, 6.45) is 7.17. The molecule has 0 amide bonds. The summed E-state index contributed by atoms with van der Waals surface area (Å²) in [6, 6.07) is 11.9. The predicted octanol–water partition coefficient (Wildman–Crippen LogP) is 5.17. The van der Waals surface area contributed by atoms with Gasteiger partial charge in [-0.1, -0.05) is 6.07 Å². The van der Waals surface area contributed by atoms with Gasteiger partial charge in [0.25, 0.3) is 0 Å². The minimum Gasteiger partial charge on any atom is -0.480 e. The second kappa shape index (κ2) is 10.3. The SMILES string of the molecule is CNCc1c[nH]c2cc(Nc3ccnc(OC)c3Br)ccc12.Sc1cccnc1. The molecule has 1 aromatic carbocycles. The molecule has 0 saturated heterocycles. The normalized spacial score (nSPS) is 10.3. The number of benzene rings is 1. The summed E-state index contributed by atoms with van der Waals surface area (Å²) in [6.45, 7) is 0.847. The van der Waals surface area contributed by atoms with E-state index in [1.807, 2.05) is 31.4 Å². The molecule has 0 aliphatic rings. The Kier molecular flexibility index (Phi) is 7.51. The van der Waals surface area contributed by atoms with E-state index in [2.05, 4.69) is 72.3 Å². The fourth-order valence-electron chi connectivity index (χ4n) is 2.77. The van der Waals surface area contributed by atoms with E-state index in [-0.39, 0.29) is 0 Å². The van der Waals surface area contributed by atoms with Crippen molar-refractivity contribution in [1.82, 2.24) is 20.3 Å². The molecule has 4 aromatic rings. The van der Waals surface area contributed by atoms with Crippen molar-refractivity contribution in [2.24, 2.45) is 0 Å². The van der Waals surface area contributed by atoms with E-state index >= 15 is 0 Å². The molecule has 0 fully saturated rings. The van der Waals surface area contributed by atoms with Crippen molar-refractivity contribution in [3.63, 3.8) is 0 Å². The first kappa shape index (κ1) is 21.2. The van der Waals surface area contributed by atoms with Crippen molar-refractivity contribution in [3.05, 3.63) is 71.2 Å². The number of halogens is 1. The predicted molar refractivity (Wildman–Crippen MR) is 124 cm³/mol. The van der Waals surface area contributed by atoms with Crippen molar-refractivity contribution in [2.45, 2.75) is 11.4 Å². The third-order valence-electron chi connectivity index (χ3n) is 4.11. The number of hydrogen-bond donors (Lipinski definition) is 4. The van der Waals surface area contributed by atoms with E-state index in [0.717, 1.165) is 32.8 Å². The van der Waals surface area contributed by atoms with Crippen LogP contribution in [0.2, 0.25) is 0 Å². The van der Waals surface area contributed by atoms with Gasteiger partial charge >= 0.3 is 0 Å². The summed E-state index contributed by atoms with van der Waals surface area (Å²) < 4.78 is 6.02. The van der Waals surface area contributed by atoms with E-state index < -0.39 is 0 Å². The van der Waals surface area contributed by atoms with Gasteiger partial charge in [-0.05, 0) is 58.9 Å². The van der Waals surface area contributed by atoms with E-state index in [9.17, 15) is 0 Å². The third-order valence-corrected chi connectivity index (χ3v) is 5.14. The Morgan fingerprint density at radius 3 is 2.72 bits per heavy atom. The Morgan fingerprint density at radius 1 is 1.21 bits per heavy atom. The minimum atomic E-state index is 0.558. The fourth-order valence-corrected chi connectivity index (χ4v) is 3.42. The van der Waals surface area contributed by atoms with Gasteiger partial charge in [0.1, 0.15) is 4.47 Å². The molecule has 8 heteroatoms. The molecule has 6 nitrogen and oxygen atoms in total. The monoisotopic (exact) mass is 471 g/mol. The second-order valence-corrected chi connectivity index (χ2v) is 7.43. The molecular formula is C21H22BrN5OS. The van der Waals surface area contributed by atoms with Crippen LogP contribution in [0.15, 0.2) is 70.6 Å². The lowest BCUT2D eigenvalue weighted by Crippen LogP contribution is -2.03. The van der Waals surface area contributed by atoms with E-state index in [0.29, 0.717) is 5.88 Å². The van der Waals surface area contributed by atoms with Crippen LogP contribution in [0, 0.1) is 0 Å². The molecule has 29 heavy (non-hydrogen) atoms. The molecule has 0 unspecified atom stereocenters. The average Bonchev–Trinajstić information content (AvgIpc) is 3.13. The maximum atomic E-state index is 5.21. The third kappa shape index (κ3) is 5.50. The van der Waals surface area contributed by atoms with E-state index in [1.165, 1.54) is 10.9 Å². The smallest absolute Gasteiger partial charge is 0.229 e. The molecule has 0 bridgehead atoms. The highest BCUT2D eigenvalue weighted by Crippen LogP contribution is 2.33. The number of fused-ring (bicyclic) bond motifs is 1. The number of thiol groups is 1. The zero-order valence-corrected chi connectivity index (χ0v) is 18.6. The highest BCUT2D eigenvalue weighted by atomic mass is 79.9. The molecule has 0 aliphatic carbocycles. The van der Waals surface area contributed by atoms with Gasteiger partial charge in [-0.15, -0.1) is 12.6 Å². The highest BCUT2D eigenvalue weighted by Gasteiger charge is 2.09. The molecule has 3 aromatic heterocycles. The number of anilines is 2. The van der Waals surface area contributed by atoms with Gasteiger partial charge in [0, 0.05) is 52.8 Å². The van der Waals surface area contributed by atoms with Crippen molar-refractivity contribution >= 4 is 50.8 Å². The quantitative estimate of drug-likeness (QED) is 0.302. The van der Waals surface area contributed by atoms with Crippen LogP contribution in [-0.4, -0.2) is 29.1 Å². The van der Waals surface area contributed by atoms with Gasteiger partial charge in [0.15, 0.2) is 0 Å². The van der Waals surface area contributed by atoms with Crippen LogP contribution < -0.4 is 15.4 Å². The van der Waals surface area contributed by atoms with Crippen LogP contribution in [0.5, 0.6) is 5.88 Å². The number of rotatable bonds is 5. The number of aromatic amines is 1. The second-order valence-electron chi connectivity index (χ2n) is 6.12. The zero-order chi connectivity index (χ0) is 20.6. The Morgan fingerprint density at radius 2 is 2.07 bits per heavy atom. The minimum absolute atomic E-state index is 0.558. The number of methoxy groups -OCH3 is 1. The van der Waals surface area contributed by atoms with Gasteiger partial charge in [-0.25, -0.2) is 4.98 Å². The van der Waals surface area contributed by atoms with Crippen LogP contribution in [-0.2, 0) is 6.54 Å². The van der Waals surface area contributed by atoms with E-state index in [1.54, 1.807) is 25.7 Å². The van der Waals surface area contributed by atoms with Crippen molar-refractivity contribution in [3.8, 4) is 5.88 Å². The maximum Gasteiger partial charge on any atom is 0.229 e. The average molecular weight is 472 g/mol. The Hall–Kier alpha value is -2.55. The summed E-state index contributed by atoms with van der Waals surface area (Å²) in [5.41, 5.74) is 4.27. The molecule has 0 atom stereocenters. The topological polar surface area (TPSA) is 74.9 Å². The molecule has 4 rings (SSSR count). The number of hydrogen-bond acceptors (Lipinski definition) is 6. The van der Waals surface area contributed by atoms with Crippen LogP contribution in [0.4, 0.5) is 11.4 Å².